The van der Waals surface area contributed by atoms with Gasteiger partial charge in [-0.05, 0) is 35.9 Å². The monoisotopic (exact) mass is 273 g/mol. The largest absolute Gasteiger partial charge is 0.392 e. The molecule has 96 valence electrons. The fourth-order valence-electron chi connectivity index (χ4n) is 1.68. The second-order valence-corrected chi connectivity index (χ2v) is 5.90. The van der Waals surface area contributed by atoms with E-state index >= 15 is 0 Å². The minimum atomic E-state index is -3.67. The molecule has 4 nitrogen and oxygen atoms in total. The predicted octanol–water partition coefficient (Wildman–Crippen LogP) is 1.88. The van der Waals surface area contributed by atoms with Crippen molar-refractivity contribution < 1.29 is 13.5 Å². The molecule has 0 saturated heterocycles. The minimum absolute atomic E-state index is 0.0710. The molecular weight excluding hydrogens is 262 g/mol. The Hall–Kier alpha value is -2.16. The standard InChI is InChI=1S/C14H11NO3S/c15-9-11-3-1-5-13(7-11)19(17,18)14-6-2-4-12(8-14)10-16/h1-8,16H,10H2. The topological polar surface area (TPSA) is 78.2 Å². The SMILES string of the molecule is N#Cc1cccc(S(=O)(=O)c2cccc(CO)c2)c1. The Kier molecular flexibility index (Phi) is 3.65. The number of hydrogen-bond donors (Lipinski definition) is 1. The first kappa shape index (κ1) is 13.3. The number of nitrogens with zero attached hydrogens (tertiary/aromatic N) is 1. The van der Waals surface area contributed by atoms with E-state index < -0.39 is 9.84 Å². The van der Waals surface area contributed by atoms with Crippen LogP contribution >= 0.6 is 0 Å². The molecule has 0 amide bonds. The molecule has 2 rings (SSSR count). The Labute approximate surface area is 111 Å². The third-order valence-corrected chi connectivity index (χ3v) is 4.41. The summed E-state index contributed by atoms with van der Waals surface area (Å²) in [6, 6.07) is 13.9. The van der Waals surface area contributed by atoms with Gasteiger partial charge in [-0.2, -0.15) is 5.26 Å². The molecule has 0 bridgehead atoms. The van der Waals surface area contributed by atoms with Gasteiger partial charge in [-0.1, -0.05) is 18.2 Å². The van der Waals surface area contributed by atoms with Gasteiger partial charge in [0.25, 0.3) is 0 Å². The molecule has 5 heteroatoms. The van der Waals surface area contributed by atoms with Crippen LogP contribution in [0, 0.1) is 11.3 Å². The van der Waals surface area contributed by atoms with E-state index in [0.717, 1.165) is 0 Å². The first-order valence-electron chi connectivity index (χ1n) is 5.53. The first-order valence-corrected chi connectivity index (χ1v) is 7.01. The molecule has 0 aliphatic rings. The summed E-state index contributed by atoms with van der Waals surface area (Å²) in [5.74, 6) is 0. The van der Waals surface area contributed by atoms with E-state index in [9.17, 15) is 8.42 Å². The lowest BCUT2D eigenvalue weighted by Gasteiger charge is -2.06. The maximum Gasteiger partial charge on any atom is 0.206 e. The van der Waals surface area contributed by atoms with Gasteiger partial charge in [-0.3, -0.25) is 0 Å². The number of hydrogen-bond acceptors (Lipinski definition) is 4. The Morgan fingerprint density at radius 1 is 1.05 bits per heavy atom. The maximum atomic E-state index is 12.4. The van der Waals surface area contributed by atoms with Gasteiger partial charge in [0.05, 0.1) is 28.0 Å². The first-order chi connectivity index (χ1) is 9.07. The van der Waals surface area contributed by atoms with Gasteiger partial charge in [0.2, 0.25) is 9.84 Å². The molecule has 0 unspecified atom stereocenters. The summed E-state index contributed by atoms with van der Waals surface area (Å²) in [5, 5.41) is 17.8. The summed E-state index contributed by atoms with van der Waals surface area (Å²) < 4.78 is 24.8. The highest BCUT2D eigenvalue weighted by molar-refractivity contribution is 7.91. The summed E-state index contributed by atoms with van der Waals surface area (Å²) >= 11 is 0. The Morgan fingerprint density at radius 2 is 1.68 bits per heavy atom. The number of aliphatic hydroxyl groups is 1. The highest BCUT2D eigenvalue weighted by Gasteiger charge is 2.18. The van der Waals surface area contributed by atoms with Gasteiger partial charge in [0.1, 0.15) is 0 Å². The average Bonchev–Trinajstić information content (AvgIpc) is 2.47. The summed E-state index contributed by atoms with van der Waals surface area (Å²) in [6.07, 6.45) is 0. The molecule has 0 atom stereocenters. The third kappa shape index (κ3) is 2.65. The lowest BCUT2D eigenvalue weighted by atomic mass is 10.2. The van der Waals surface area contributed by atoms with Crippen LogP contribution in [0.1, 0.15) is 11.1 Å². The number of aliphatic hydroxyl groups excluding tert-OH is 1. The van der Waals surface area contributed by atoms with Crippen molar-refractivity contribution in [2.75, 3.05) is 0 Å². The van der Waals surface area contributed by atoms with Crippen LogP contribution in [-0.2, 0) is 16.4 Å². The Bertz CT molecular complexity index is 745. The van der Waals surface area contributed by atoms with Crippen LogP contribution in [0.3, 0.4) is 0 Å². The lowest BCUT2D eigenvalue weighted by Crippen LogP contribution is -2.03. The van der Waals surface area contributed by atoms with Crippen LogP contribution < -0.4 is 0 Å². The van der Waals surface area contributed by atoms with Crippen LogP contribution in [0.2, 0.25) is 0 Å². The van der Waals surface area contributed by atoms with E-state index in [1.807, 2.05) is 6.07 Å². The van der Waals surface area contributed by atoms with Crippen molar-refractivity contribution in [3.8, 4) is 6.07 Å². The van der Waals surface area contributed by atoms with E-state index in [0.29, 0.717) is 11.1 Å². The van der Waals surface area contributed by atoms with Gasteiger partial charge in [0.15, 0.2) is 0 Å². The van der Waals surface area contributed by atoms with Crippen molar-refractivity contribution in [3.05, 3.63) is 59.7 Å². The molecule has 0 aromatic heterocycles. The van der Waals surface area contributed by atoms with Crippen molar-refractivity contribution in [3.63, 3.8) is 0 Å². The molecule has 0 aliphatic heterocycles. The smallest absolute Gasteiger partial charge is 0.206 e. The molecule has 2 aromatic carbocycles. The van der Waals surface area contributed by atoms with E-state index in [1.165, 1.54) is 30.3 Å². The van der Waals surface area contributed by atoms with E-state index in [1.54, 1.807) is 18.2 Å². The number of benzene rings is 2. The average molecular weight is 273 g/mol. The second kappa shape index (κ2) is 5.22. The molecule has 0 spiro atoms. The fourth-order valence-corrected chi connectivity index (χ4v) is 3.06. The van der Waals surface area contributed by atoms with Gasteiger partial charge in [-0.25, -0.2) is 8.42 Å². The molecule has 0 fully saturated rings. The zero-order valence-electron chi connectivity index (χ0n) is 9.95. The van der Waals surface area contributed by atoms with Gasteiger partial charge in [0, 0.05) is 0 Å². The third-order valence-electron chi connectivity index (χ3n) is 2.66. The van der Waals surface area contributed by atoms with Gasteiger partial charge >= 0.3 is 0 Å². The second-order valence-electron chi connectivity index (χ2n) is 3.95. The fraction of sp³-hybridized carbons (Fsp3) is 0.0714. The van der Waals surface area contributed by atoms with E-state index in [2.05, 4.69) is 0 Å². The van der Waals surface area contributed by atoms with Crippen molar-refractivity contribution in [1.82, 2.24) is 0 Å². The number of rotatable bonds is 3. The van der Waals surface area contributed by atoms with Gasteiger partial charge in [-0.15, -0.1) is 0 Å². The Balaban J connectivity index is 2.55. The molecule has 19 heavy (non-hydrogen) atoms. The van der Waals surface area contributed by atoms with E-state index in [4.69, 9.17) is 10.4 Å². The zero-order chi connectivity index (χ0) is 13.9. The lowest BCUT2D eigenvalue weighted by molar-refractivity contribution is 0.281. The molecule has 1 N–H and O–H groups in total. The summed E-state index contributed by atoms with van der Waals surface area (Å²) in [4.78, 5) is 0.177. The van der Waals surface area contributed by atoms with E-state index in [-0.39, 0.29) is 16.4 Å². The normalized spacial score (nSPS) is 10.9. The van der Waals surface area contributed by atoms with Crippen molar-refractivity contribution in [1.29, 1.82) is 5.26 Å². The predicted molar refractivity (Wildman–Crippen MR) is 69.0 cm³/mol. The Morgan fingerprint density at radius 3 is 2.32 bits per heavy atom. The highest BCUT2D eigenvalue weighted by atomic mass is 32.2. The van der Waals surface area contributed by atoms with Crippen LogP contribution in [-0.4, -0.2) is 13.5 Å². The molecule has 0 aliphatic carbocycles. The van der Waals surface area contributed by atoms with Crippen LogP contribution in [0.5, 0.6) is 0 Å². The molecule has 0 radical (unpaired) electrons. The summed E-state index contributed by atoms with van der Waals surface area (Å²) in [6.45, 7) is -0.221. The number of sulfone groups is 1. The summed E-state index contributed by atoms with van der Waals surface area (Å²) in [7, 11) is -3.67. The number of nitriles is 1. The molecule has 0 saturated carbocycles. The van der Waals surface area contributed by atoms with Crippen LogP contribution in [0.4, 0.5) is 0 Å². The molecule has 0 heterocycles. The van der Waals surface area contributed by atoms with Crippen LogP contribution in [0.25, 0.3) is 0 Å². The quantitative estimate of drug-likeness (QED) is 0.926. The van der Waals surface area contributed by atoms with Crippen molar-refractivity contribution in [2.24, 2.45) is 0 Å². The molecular formula is C14H11NO3S. The minimum Gasteiger partial charge on any atom is -0.392 e. The van der Waals surface area contributed by atoms with Crippen LogP contribution in [0.15, 0.2) is 58.3 Å². The highest BCUT2D eigenvalue weighted by Crippen LogP contribution is 2.22. The van der Waals surface area contributed by atoms with Gasteiger partial charge < -0.3 is 5.11 Å². The van der Waals surface area contributed by atoms with Crippen molar-refractivity contribution in [2.45, 2.75) is 16.4 Å². The maximum absolute atomic E-state index is 12.4. The summed E-state index contributed by atoms with van der Waals surface area (Å²) in [5.41, 5.74) is 0.817. The van der Waals surface area contributed by atoms with Crippen molar-refractivity contribution >= 4 is 9.84 Å². The molecule has 2 aromatic rings. The zero-order valence-corrected chi connectivity index (χ0v) is 10.8.